The molecule has 1 aromatic carbocycles. The number of fused-ring (bicyclic) bond motifs is 1. The molecule has 0 fully saturated rings. The first-order valence-electron chi connectivity index (χ1n) is 5.59. The molecule has 0 aliphatic heterocycles. The van der Waals surface area contributed by atoms with Crippen LogP contribution in [-0.4, -0.2) is 9.97 Å². The molecule has 0 aliphatic carbocycles. The van der Waals surface area contributed by atoms with Gasteiger partial charge in [-0.05, 0) is 42.8 Å². The molecule has 0 atom stereocenters. The third kappa shape index (κ3) is 2.63. The third-order valence-corrected chi connectivity index (χ3v) is 4.16. The van der Waals surface area contributed by atoms with Gasteiger partial charge in [-0.15, -0.1) is 11.3 Å². The lowest BCUT2D eigenvalue weighted by Crippen LogP contribution is -1.93. The predicted octanol–water partition coefficient (Wildman–Crippen LogP) is 5.35. The van der Waals surface area contributed by atoms with Crippen molar-refractivity contribution in [3.63, 3.8) is 0 Å². The summed E-state index contributed by atoms with van der Waals surface area (Å²) in [6.45, 7) is 1.95. The zero-order chi connectivity index (χ0) is 14.3. The molecule has 0 saturated heterocycles. The Bertz CT molecular complexity index is 808. The molecule has 3 nitrogen and oxygen atoms in total. The number of halogens is 3. The Kier molecular flexibility index (Phi) is 3.62. The van der Waals surface area contributed by atoms with Gasteiger partial charge in [-0.3, -0.25) is 0 Å². The van der Waals surface area contributed by atoms with E-state index in [2.05, 4.69) is 25.9 Å². The molecular weight excluding hydrogens is 367 g/mol. The van der Waals surface area contributed by atoms with E-state index in [1.807, 2.05) is 13.0 Å². The molecule has 0 unspecified atom stereocenters. The van der Waals surface area contributed by atoms with Gasteiger partial charge in [-0.1, -0.05) is 15.9 Å². The topological polar surface area (TPSA) is 35.0 Å². The minimum Gasteiger partial charge on any atom is -0.435 e. The first-order valence-corrected chi connectivity index (χ1v) is 7.58. The lowest BCUT2D eigenvalue weighted by Gasteiger charge is -2.07. The molecule has 7 heteroatoms. The van der Waals surface area contributed by atoms with Crippen LogP contribution in [0.15, 0.2) is 28.7 Å². The van der Waals surface area contributed by atoms with Crippen LogP contribution in [0.4, 0.5) is 4.39 Å². The van der Waals surface area contributed by atoms with Gasteiger partial charge >= 0.3 is 0 Å². The Morgan fingerprint density at radius 3 is 2.85 bits per heavy atom. The van der Waals surface area contributed by atoms with Gasteiger partial charge in [-0.25, -0.2) is 9.37 Å². The SMILES string of the molecule is Cc1cc2c(Oc3ccc(Br)cc3F)nc(Cl)nc2s1. The van der Waals surface area contributed by atoms with Crippen LogP contribution in [0.2, 0.25) is 5.28 Å². The molecule has 0 amide bonds. The van der Waals surface area contributed by atoms with Crippen LogP contribution in [0.25, 0.3) is 10.2 Å². The Labute approximate surface area is 131 Å². The van der Waals surface area contributed by atoms with Gasteiger partial charge in [0.1, 0.15) is 4.83 Å². The van der Waals surface area contributed by atoms with E-state index >= 15 is 0 Å². The molecule has 2 heterocycles. The van der Waals surface area contributed by atoms with Crippen molar-refractivity contribution in [1.82, 2.24) is 9.97 Å². The summed E-state index contributed by atoms with van der Waals surface area (Å²) in [6.07, 6.45) is 0. The fraction of sp³-hybridized carbons (Fsp3) is 0.0769. The number of aryl methyl sites for hydroxylation is 1. The molecule has 20 heavy (non-hydrogen) atoms. The summed E-state index contributed by atoms with van der Waals surface area (Å²) in [5.41, 5.74) is 0. The second-order valence-corrected chi connectivity index (χ2v) is 6.54. The second kappa shape index (κ2) is 5.27. The summed E-state index contributed by atoms with van der Waals surface area (Å²) >= 11 is 10.5. The highest BCUT2D eigenvalue weighted by Crippen LogP contribution is 2.34. The Hall–Kier alpha value is -1.24. The fourth-order valence-corrected chi connectivity index (χ4v) is 3.15. The van der Waals surface area contributed by atoms with Gasteiger partial charge in [0.05, 0.1) is 5.39 Å². The molecule has 0 radical (unpaired) electrons. The largest absolute Gasteiger partial charge is 0.435 e. The summed E-state index contributed by atoms with van der Waals surface area (Å²) in [5, 5.41) is 0.797. The smallest absolute Gasteiger partial charge is 0.232 e. The number of thiophene rings is 1. The quantitative estimate of drug-likeness (QED) is 0.568. The van der Waals surface area contributed by atoms with E-state index in [-0.39, 0.29) is 16.9 Å². The molecule has 0 bridgehead atoms. The summed E-state index contributed by atoms with van der Waals surface area (Å²) in [5.74, 6) is -0.132. The minimum absolute atomic E-state index is 0.0758. The van der Waals surface area contributed by atoms with Crippen molar-refractivity contribution in [2.24, 2.45) is 0 Å². The zero-order valence-electron chi connectivity index (χ0n) is 10.2. The first-order chi connectivity index (χ1) is 9.52. The molecule has 0 N–H and O–H groups in total. The van der Waals surface area contributed by atoms with E-state index in [0.29, 0.717) is 4.47 Å². The summed E-state index contributed by atoms with van der Waals surface area (Å²) in [7, 11) is 0. The monoisotopic (exact) mass is 372 g/mol. The summed E-state index contributed by atoms with van der Waals surface area (Å²) in [6, 6.07) is 6.44. The fourth-order valence-electron chi connectivity index (χ4n) is 1.73. The van der Waals surface area contributed by atoms with E-state index in [4.69, 9.17) is 16.3 Å². The lowest BCUT2D eigenvalue weighted by molar-refractivity contribution is 0.431. The standard InChI is InChI=1S/C13H7BrClFN2OS/c1-6-4-8-11(17-13(15)18-12(8)20-6)19-10-3-2-7(14)5-9(10)16/h2-5H,1H3. The number of hydrogen-bond acceptors (Lipinski definition) is 4. The van der Waals surface area contributed by atoms with Gasteiger partial charge in [0, 0.05) is 9.35 Å². The number of aromatic nitrogens is 2. The molecule has 102 valence electrons. The molecule has 0 saturated carbocycles. The normalized spacial score (nSPS) is 11.0. The van der Waals surface area contributed by atoms with Crippen LogP contribution >= 0.6 is 38.9 Å². The Morgan fingerprint density at radius 1 is 1.30 bits per heavy atom. The van der Waals surface area contributed by atoms with Crippen molar-refractivity contribution in [2.45, 2.75) is 6.92 Å². The average molecular weight is 374 g/mol. The third-order valence-electron chi connectivity index (χ3n) is 2.55. The molecule has 3 rings (SSSR count). The van der Waals surface area contributed by atoms with Crippen LogP contribution in [0.3, 0.4) is 0 Å². The zero-order valence-corrected chi connectivity index (χ0v) is 13.3. The number of ether oxygens (including phenoxy) is 1. The van der Waals surface area contributed by atoms with Crippen molar-refractivity contribution in [1.29, 1.82) is 0 Å². The maximum atomic E-state index is 13.8. The van der Waals surface area contributed by atoms with Gasteiger partial charge in [0.25, 0.3) is 0 Å². The number of rotatable bonds is 2. The number of hydrogen-bond donors (Lipinski definition) is 0. The van der Waals surface area contributed by atoms with Crippen LogP contribution < -0.4 is 4.74 Å². The molecule has 3 aromatic rings. The highest BCUT2D eigenvalue weighted by molar-refractivity contribution is 9.10. The summed E-state index contributed by atoms with van der Waals surface area (Å²) < 4.78 is 20.0. The molecule has 0 aliphatic rings. The average Bonchev–Trinajstić information content (AvgIpc) is 2.73. The maximum absolute atomic E-state index is 13.8. The van der Waals surface area contributed by atoms with Crippen LogP contribution in [-0.2, 0) is 0 Å². The predicted molar refractivity (Wildman–Crippen MR) is 81.3 cm³/mol. The number of nitrogens with zero attached hydrogens (tertiary/aromatic N) is 2. The van der Waals surface area contributed by atoms with E-state index in [1.54, 1.807) is 6.07 Å². The van der Waals surface area contributed by atoms with E-state index in [0.717, 1.165) is 15.1 Å². The van der Waals surface area contributed by atoms with Crippen LogP contribution in [0, 0.1) is 12.7 Å². The second-order valence-electron chi connectivity index (χ2n) is 4.05. The maximum Gasteiger partial charge on any atom is 0.232 e. The lowest BCUT2D eigenvalue weighted by atomic mass is 10.3. The van der Waals surface area contributed by atoms with Gasteiger partial charge in [0.2, 0.25) is 11.2 Å². The van der Waals surface area contributed by atoms with Gasteiger partial charge in [-0.2, -0.15) is 4.98 Å². The van der Waals surface area contributed by atoms with Crippen molar-refractivity contribution in [2.75, 3.05) is 0 Å². The molecule has 2 aromatic heterocycles. The van der Waals surface area contributed by atoms with Crippen molar-refractivity contribution >= 4 is 49.1 Å². The van der Waals surface area contributed by atoms with Gasteiger partial charge < -0.3 is 4.74 Å². The first kappa shape index (κ1) is 13.7. The Morgan fingerprint density at radius 2 is 2.10 bits per heavy atom. The minimum atomic E-state index is -0.478. The molecule has 0 spiro atoms. The Balaban J connectivity index is 2.10. The summed E-state index contributed by atoms with van der Waals surface area (Å²) in [4.78, 5) is 9.93. The van der Waals surface area contributed by atoms with Crippen molar-refractivity contribution in [3.05, 3.63) is 44.7 Å². The van der Waals surface area contributed by atoms with Crippen LogP contribution in [0.5, 0.6) is 11.6 Å². The number of benzene rings is 1. The molecular formula is C13H7BrClFN2OS. The van der Waals surface area contributed by atoms with E-state index in [1.165, 1.54) is 23.5 Å². The highest BCUT2D eigenvalue weighted by Gasteiger charge is 2.13. The van der Waals surface area contributed by atoms with E-state index < -0.39 is 5.82 Å². The van der Waals surface area contributed by atoms with Gasteiger partial charge in [0.15, 0.2) is 11.6 Å². The van der Waals surface area contributed by atoms with Crippen molar-refractivity contribution < 1.29 is 9.13 Å². The van der Waals surface area contributed by atoms with E-state index in [9.17, 15) is 4.39 Å². The van der Waals surface area contributed by atoms with Crippen molar-refractivity contribution in [3.8, 4) is 11.6 Å². The highest BCUT2D eigenvalue weighted by atomic mass is 79.9. The van der Waals surface area contributed by atoms with Crippen LogP contribution in [0.1, 0.15) is 4.88 Å².